The average molecular weight is 484 g/mol. The molecule has 1 aliphatic carbocycles. The van der Waals surface area contributed by atoms with Crippen LogP contribution in [0.4, 0.5) is 8.78 Å². The summed E-state index contributed by atoms with van der Waals surface area (Å²) >= 11 is 0. The van der Waals surface area contributed by atoms with Crippen molar-refractivity contribution in [3.63, 3.8) is 0 Å². The maximum atomic E-state index is 13.0. The molecular formula is C27H31F2N3O3. The molecule has 0 aromatic heterocycles. The van der Waals surface area contributed by atoms with E-state index in [2.05, 4.69) is 24.5 Å². The molecule has 4 rings (SSSR count). The molecule has 1 aliphatic heterocycles. The average Bonchev–Trinajstić information content (AvgIpc) is 3.55. The molecule has 3 atom stereocenters. The van der Waals surface area contributed by atoms with E-state index in [4.69, 9.17) is 0 Å². The fourth-order valence-corrected chi connectivity index (χ4v) is 4.72. The topological polar surface area (TPSA) is 78.5 Å². The lowest BCUT2D eigenvalue weighted by Crippen LogP contribution is -2.49. The number of rotatable bonds is 7. The summed E-state index contributed by atoms with van der Waals surface area (Å²) < 4.78 is 25.9. The summed E-state index contributed by atoms with van der Waals surface area (Å²) in [7, 11) is 0. The monoisotopic (exact) mass is 483 g/mol. The number of hydrogen-bond acceptors (Lipinski definition) is 3. The van der Waals surface area contributed by atoms with Crippen molar-refractivity contribution < 1.29 is 23.2 Å². The van der Waals surface area contributed by atoms with Crippen molar-refractivity contribution in [2.75, 3.05) is 0 Å². The largest absolute Gasteiger partial charge is 0.348 e. The van der Waals surface area contributed by atoms with Crippen molar-refractivity contribution in [2.45, 2.75) is 76.5 Å². The Morgan fingerprint density at radius 3 is 2.14 bits per heavy atom. The van der Waals surface area contributed by atoms with E-state index in [9.17, 15) is 23.2 Å². The Balaban J connectivity index is 1.37. The maximum absolute atomic E-state index is 13.0. The highest BCUT2D eigenvalue weighted by Gasteiger charge is 2.51. The van der Waals surface area contributed by atoms with Gasteiger partial charge in [0, 0.05) is 28.8 Å². The summed E-state index contributed by atoms with van der Waals surface area (Å²) in [6, 6.07) is 12.6. The second-order valence-corrected chi connectivity index (χ2v) is 9.77. The summed E-state index contributed by atoms with van der Waals surface area (Å²) in [6.07, 6.45) is 0.288. The Labute approximate surface area is 204 Å². The van der Waals surface area contributed by atoms with Crippen LogP contribution in [0.2, 0.25) is 0 Å². The zero-order valence-corrected chi connectivity index (χ0v) is 20.2. The van der Waals surface area contributed by atoms with Gasteiger partial charge in [-0.05, 0) is 76.3 Å². The molecule has 2 fully saturated rings. The molecule has 2 aromatic carbocycles. The Hall–Kier alpha value is -3.29. The highest BCUT2D eigenvalue weighted by Crippen LogP contribution is 2.37. The predicted molar refractivity (Wildman–Crippen MR) is 128 cm³/mol. The van der Waals surface area contributed by atoms with Crippen LogP contribution in [-0.4, -0.2) is 40.2 Å². The first-order valence-electron chi connectivity index (χ1n) is 12.1. The van der Waals surface area contributed by atoms with Gasteiger partial charge >= 0.3 is 0 Å². The summed E-state index contributed by atoms with van der Waals surface area (Å²) in [5, 5.41) is 5.66. The van der Waals surface area contributed by atoms with Crippen molar-refractivity contribution in [1.82, 2.24) is 15.5 Å². The number of nitrogens with zero attached hydrogens (tertiary/aromatic N) is 1. The SMILES string of the molecule is CC1CCC(C)N1C(=O)c1ccc([C@@H](C)NC(=O)C2(NC(=O)c3cccc(C(F)F)c3)CC2)cc1. The van der Waals surface area contributed by atoms with Gasteiger partial charge in [-0.3, -0.25) is 14.4 Å². The normalized spacial score (nSPS) is 21.5. The minimum atomic E-state index is -2.68. The van der Waals surface area contributed by atoms with Gasteiger partial charge in [-0.1, -0.05) is 24.3 Å². The molecule has 0 bridgehead atoms. The van der Waals surface area contributed by atoms with Crippen molar-refractivity contribution in [3.05, 3.63) is 70.8 Å². The lowest BCUT2D eigenvalue weighted by molar-refractivity contribution is -0.124. The fourth-order valence-electron chi connectivity index (χ4n) is 4.72. The van der Waals surface area contributed by atoms with Gasteiger partial charge in [-0.2, -0.15) is 0 Å². The lowest BCUT2D eigenvalue weighted by Gasteiger charge is -2.26. The smallest absolute Gasteiger partial charge is 0.263 e. The number of carbonyl (C=O) groups excluding carboxylic acids is 3. The summed E-state index contributed by atoms with van der Waals surface area (Å²) in [5.74, 6) is -0.856. The van der Waals surface area contributed by atoms with Gasteiger partial charge in [0.2, 0.25) is 5.91 Å². The van der Waals surface area contributed by atoms with Gasteiger partial charge in [0.15, 0.2) is 0 Å². The van der Waals surface area contributed by atoms with Crippen molar-refractivity contribution >= 4 is 17.7 Å². The molecule has 3 amide bonds. The van der Waals surface area contributed by atoms with Gasteiger partial charge < -0.3 is 15.5 Å². The molecule has 2 aromatic rings. The van der Waals surface area contributed by atoms with Crippen LogP contribution in [0, 0.1) is 0 Å². The van der Waals surface area contributed by atoms with Crippen LogP contribution in [0.15, 0.2) is 48.5 Å². The number of alkyl halides is 2. The maximum Gasteiger partial charge on any atom is 0.263 e. The number of halogens is 2. The number of carbonyl (C=O) groups is 3. The zero-order valence-electron chi connectivity index (χ0n) is 20.2. The van der Waals surface area contributed by atoms with Crippen LogP contribution in [0.5, 0.6) is 0 Å². The number of amides is 3. The van der Waals surface area contributed by atoms with Crippen LogP contribution in [0.25, 0.3) is 0 Å². The molecule has 6 nitrogen and oxygen atoms in total. The first-order chi connectivity index (χ1) is 16.6. The third-order valence-electron chi connectivity index (χ3n) is 7.13. The fraction of sp³-hybridized carbons (Fsp3) is 0.444. The lowest BCUT2D eigenvalue weighted by atomic mass is 10.0. The molecule has 1 saturated carbocycles. The molecule has 0 spiro atoms. The van der Waals surface area contributed by atoms with E-state index in [0.29, 0.717) is 18.4 Å². The molecule has 2 aliphatic rings. The highest BCUT2D eigenvalue weighted by atomic mass is 19.3. The summed E-state index contributed by atoms with van der Waals surface area (Å²) in [6.45, 7) is 5.97. The molecule has 0 radical (unpaired) electrons. The molecule has 1 saturated heterocycles. The third kappa shape index (κ3) is 5.21. The first kappa shape index (κ1) is 24.8. The Morgan fingerprint density at radius 2 is 1.57 bits per heavy atom. The van der Waals surface area contributed by atoms with Crippen molar-refractivity contribution in [3.8, 4) is 0 Å². The summed E-state index contributed by atoms with van der Waals surface area (Å²) in [5.41, 5.74) is 0.270. The molecule has 2 unspecified atom stereocenters. The minimum Gasteiger partial charge on any atom is -0.348 e. The van der Waals surface area contributed by atoms with Crippen LogP contribution >= 0.6 is 0 Å². The van der Waals surface area contributed by atoms with E-state index < -0.39 is 17.9 Å². The molecule has 1 heterocycles. The van der Waals surface area contributed by atoms with Crippen LogP contribution in [-0.2, 0) is 4.79 Å². The number of likely N-dealkylation sites (tertiary alicyclic amines) is 1. The molecule has 35 heavy (non-hydrogen) atoms. The molecule has 186 valence electrons. The van der Waals surface area contributed by atoms with E-state index in [1.54, 1.807) is 12.1 Å². The van der Waals surface area contributed by atoms with Gasteiger partial charge in [-0.25, -0.2) is 8.78 Å². The first-order valence-corrected chi connectivity index (χ1v) is 12.1. The van der Waals surface area contributed by atoms with Gasteiger partial charge in [-0.15, -0.1) is 0 Å². The second-order valence-electron chi connectivity index (χ2n) is 9.77. The second kappa shape index (κ2) is 9.76. The van der Waals surface area contributed by atoms with Crippen LogP contribution < -0.4 is 10.6 Å². The molecular weight excluding hydrogens is 452 g/mol. The minimum absolute atomic E-state index is 0.0151. The van der Waals surface area contributed by atoms with E-state index in [1.807, 2.05) is 24.0 Å². The van der Waals surface area contributed by atoms with E-state index in [0.717, 1.165) is 24.5 Å². The predicted octanol–water partition coefficient (Wildman–Crippen LogP) is 4.78. The van der Waals surface area contributed by atoms with Crippen LogP contribution in [0.1, 0.15) is 90.8 Å². The molecule has 2 N–H and O–H groups in total. The van der Waals surface area contributed by atoms with E-state index in [-0.39, 0.29) is 41.1 Å². The van der Waals surface area contributed by atoms with Gasteiger partial charge in [0.05, 0.1) is 6.04 Å². The quantitative estimate of drug-likeness (QED) is 0.595. The Morgan fingerprint density at radius 1 is 0.943 bits per heavy atom. The third-order valence-corrected chi connectivity index (χ3v) is 7.13. The number of benzene rings is 2. The molecule has 8 heteroatoms. The standard InChI is InChI=1S/C27H31F2N3O3/c1-16-7-8-17(2)32(16)25(34)20-11-9-19(10-12-20)18(3)30-26(35)27(13-14-27)31-24(33)22-6-4-5-21(15-22)23(28)29/h4-6,9-12,15-18,23H,7-8,13-14H2,1-3H3,(H,30,35)(H,31,33)/t16?,17?,18-/m1/s1. The van der Waals surface area contributed by atoms with Crippen LogP contribution in [0.3, 0.4) is 0 Å². The Kier molecular flexibility index (Phi) is 6.92. The highest BCUT2D eigenvalue weighted by molar-refractivity contribution is 6.01. The van der Waals surface area contributed by atoms with E-state index >= 15 is 0 Å². The van der Waals surface area contributed by atoms with Gasteiger partial charge in [0.1, 0.15) is 5.54 Å². The van der Waals surface area contributed by atoms with Crippen molar-refractivity contribution in [2.24, 2.45) is 0 Å². The number of hydrogen-bond donors (Lipinski definition) is 2. The summed E-state index contributed by atoms with van der Waals surface area (Å²) in [4.78, 5) is 40.4. The van der Waals surface area contributed by atoms with Crippen molar-refractivity contribution in [1.29, 1.82) is 0 Å². The van der Waals surface area contributed by atoms with E-state index in [1.165, 1.54) is 18.2 Å². The Bertz CT molecular complexity index is 1100. The van der Waals surface area contributed by atoms with Gasteiger partial charge in [0.25, 0.3) is 18.2 Å². The zero-order chi connectivity index (χ0) is 25.3. The number of nitrogens with one attached hydrogen (secondary N) is 2.